The molecule has 0 unspecified atom stereocenters. The number of carbonyl (C=O) groups excluding carboxylic acids is 1. The Morgan fingerprint density at radius 2 is 1.95 bits per heavy atom. The van der Waals surface area contributed by atoms with E-state index in [4.69, 9.17) is 18.9 Å². The number of carbonyl (C=O) groups is 1. The first kappa shape index (κ1) is 13.3. The highest BCUT2D eigenvalue weighted by Crippen LogP contribution is 2.37. The van der Waals surface area contributed by atoms with Crippen molar-refractivity contribution in [3.63, 3.8) is 0 Å². The van der Waals surface area contributed by atoms with Gasteiger partial charge in [-0.25, -0.2) is 0 Å². The zero-order valence-electron chi connectivity index (χ0n) is 11.1. The highest BCUT2D eigenvalue weighted by Gasteiger charge is 2.56. The Balaban J connectivity index is 1.66. The number of ether oxygens (including phenoxy) is 4. The highest BCUT2D eigenvalue weighted by atomic mass is 16.8. The van der Waals surface area contributed by atoms with Gasteiger partial charge in [-0.05, 0) is 13.8 Å². The standard InChI is InChI=1S/C12H19NO6/c1-12(2)18-9-7(14)8(17-11(9)19-12)10(15)13-3-5-16-6-4-13/h7-9,11,14H,3-6H2,1-2H3/t7-,8+,9-,11-/m0/s1. The van der Waals surface area contributed by atoms with Gasteiger partial charge >= 0.3 is 0 Å². The lowest BCUT2D eigenvalue weighted by Gasteiger charge is -2.30. The summed E-state index contributed by atoms with van der Waals surface area (Å²) in [5.74, 6) is -1.02. The Morgan fingerprint density at radius 3 is 2.58 bits per heavy atom. The number of aliphatic hydroxyl groups is 1. The van der Waals surface area contributed by atoms with Crippen LogP contribution in [0.15, 0.2) is 0 Å². The molecule has 1 N–H and O–H groups in total. The molecule has 0 aliphatic carbocycles. The van der Waals surface area contributed by atoms with Gasteiger partial charge in [0, 0.05) is 13.1 Å². The fraction of sp³-hybridized carbons (Fsp3) is 0.917. The van der Waals surface area contributed by atoms with Crippen LogP contribution in [0.2, 0.25) is 0 Å². The molecule has 3 rings (SSSR count). The number of rotatable bonds is 1. The predicted molar refractivity (Wildman–Crippen MR) is 62.1 cm³/mol. The molecule has 0 radical (unpaired) electrons. The fourth-order valence-electron chi connectivity index (χ4n) is 2.66. The van der Waals surface area contributed by atoms with E-state index in [0.717, 1.165) is 0 Å². The number of nitrogens with zero attached hydrogens (tertiary/aromatic N) is 1. The monoisotopic (exact) mass is 273 g/mol. The lowest BCUT2D eigenvalue weighted by atomic mass is 10.1. The molecule has 3 fully saturated rings. The van der Waals surface area contributed by atoms with Crippen LogP contribution in [-0.4, -0.2) is 72.6 Å². The number of aliphatic hydroxyl groups excluding tert-OH is 1. The third-order valence-electron chi connectivity index (χ3n) is 3.58. The van der Waals surface area contributed by atoms with Crippen molar-refractivity contribution in [2.45, 2.75) is 44.2 Å². The first-order chi connectivity index (χ1) is 8.98. The van der Waals surface area contributed by atoms with Crippen molar-refractivity contribution in [1.82, 2.24) is 4.90 Å². The second-order valence-corrected chi connectivity index (χ2v) is 5.45. The van der Waals surface area contributed by atoms with Gasteiger partial charge < -0.3 is 29.0 Å². The third-order valence-corrected chi connectivity index (χ3v) is 3.58. The Kier molecular flexibility index (Phi) is 3.26. The molecule has 0 aromatic rings. The van der Waals surface area contributed by atoms with Crippen LogP contribution < -0.4 is 0 Å². The van der Waals surface area contributed by atoms with Gasteiger partial charge in [-0.3, -0.25) is 4.79 Å². The van der Waals surface area contributed by atoms with Crippen molar-refractivity contribution in [3.8, 4) is 0 Å². The molecule has 3 saturated heterocycles. The number of hydrogen-bond donors (Lipinski definition) is 1. The van der Waals surface area contributed by atoms with Gasteiger partial charge in [0.05, 0.1) is 13.2 Å². The molecule has 7 nitrogen and oxygen atoms in total. The fourth-order valence-corrected chi connectivity index (χ4v) is 2.66. The first-order valence-electron chi connectivity index (χ1n) is 6.54. The van der Waals surface area contributed by atoms with Crippen molar-refractivity contribution in [2.24, 2.45) is 0 Å². The molecule has 7 heteroatoms. The van der Waals surface area contributed by atoms with E-state index in [-0.39, 0.29) is 5.91 Å². The van der Waals surface area contributed by atoms with Crippen molar-refractivity contribution >= 4 is 5.91 Å². The molecule has 108 valence electrons. The van der Waals surface area contributed by atoms with E-state index >= 15 is 0 Å². The normalized spacial score (nSPS) is 41.3. The Morgan fingerprint density at radius 1 is 1.26 bits per heavy atom. The molecule has 0 spiro atoms. The number of morpholine rings is 1. The lowest BCUT2D eigenvalue weighted by Crippen LogP contribution is -2.50. The van der Waals surface area contributed by atoms with Crippen molar-refractivity contribution in [1.29, 1.82) is 0 Å². The molecule has 0 bridgehead atoms. The van der Waals surface area contributed by atoms with E-state index in [2.05, 4.69) is 0 Å². The van der Waals surface area contributed by atoms with Crippen molar-refractivity contribution in [2.75, 3.05) is 26.3 Å². The van der Waals surface area contributed by atoms with Gasteiger partial charge in [0.2, 0.25) is 0 Å². The maximum Gasteiger partial charge on any atom is 0.254 e. The van der Waals surface area contributed by atoms with Crippen LogP contribution in [0.1, 0.15) is 13.8 Å². The van der Waals surface area contributed by atoms with E-state index < -0.39 is 30.4 Å². The third kappa shape index (κ3) is 2.36. The summed E-state index contributed by atoms with van der Waals surface area (Å²) in [6, 6.07) is 0. The van der Waals surface area contributed by atoms with Crippen molar-refractivity contribution in [3.05, 3.63) is 0 Å². The summed E-state index contributed by atoms with van der Waals surface area (Å²) in [6.45, 7) is 5.57. The summed E-state index contributed by atoms with van der Waals surface area (Å²) in [7, 11) is 0. The number of hydrogen-bond acceptors (Lipinski definition) is 6. The van der Waals surface area contributed by atoms with Gasteiger partial charge in [-0.2, -0.15) is 0 Å². The number of fused-ring (bicyclic) bond motifs is 1. The predicted octanol–water partition coefficient (Wildman–Crippen LogP) is -0.917. The molecule has 0 saturated carbocycles. The van der Waals surface area contributed by atoms with E-state index in [9.17, 15) is 9.90 Å². The minimum Gasteiger partial charge on any atom is -0.387 e. The van der Waals surface area contributed by atoms with Gasteiger partial charge in [-0.15, -0.1) is 0 Å². The summed E-state index contributed by atoms with van der Waals surface area (Å²) in [5.41, 5.74) is 0. The van der Waals surface area contributed by atoms with Crippen LogP contribution in [0.4, 0.5) is 0 Å². The molecule has 1 amide bonds. The second-order valence-electron chi connectivity index (χ2n) is 5.45. The molecular weight excluding hydrogens is 254 g/mol. The quantitative estimate of drug-likeness (QED) is 0.666. The Labute approximate surface area is 111 Å². The largest absolute Gasteiger partial charge is 0.387 e. The maximum absolute atomic E-state index is 12.3. The summed E-state index contributed by atoms with van der Waals surface area (Å²) in [5, 5.41) is 10.2. The van der Waals surface area contributed by atoms with Gasteiger partial charge in [0.1, 0.15) is 12.2 Å². The van der Waals surface area contributed by atoms with Crippen LogP contribution in [0.5, 0.6) is 0 Å². The molecule has 3 aliphatic rings. The van der Waals surface area contributed by atoms with Gasteiger partial charge in [0.25, 0.3) is 5.91 Å². The van der Waals surface area contributed by atoms with Crippen LogP contribution in [-0.2, 0) is 23.7 Å². The summed E-state index contributed by atoms with van der Waals surface area (Å²) < 4.78 is 21.8. The van der Waals surface area contributed by atoms with Crippen LogP contribution >= 0.6 is 0 Å². The maximum atomic E-state index is 12.3. The zero-order valence-corrected chi connectivity index (χ0v) is 11.1. The Bertz CT molecular complexity index is 367. The second kappa shape index (κ2) is 4.68. The average Bonchev–Trinajstić information content (AvgIpc) is 2.84. The SMILES string of the molecule is CC1(C)O[C@@H]2O[C@@H](C(=O)N3CCOCC3)[C@H](O)[C@@H]2O1. The average molecular weight is 273 g/mol. The van der Waals surface area contributed by atoms with Crippen molar-refractivity contribution < 1.29 is 28.8 Å². The van der Waals surface area contributed by atoms with Crippen LogP contribution in [0.3, 0.4) is 0 Å². The molecule has 0 aromatic heterocycles. The minimum atomic E-state index is -0.998. The lowest BCUT2D eigenvalue weighted by molar-refractivity contribution is -0.217. The molecule has 0 aromatic carbocycles. The highest BCUT2D eigenvalue weighted by molar-refractivity contribution is 5.82. The molecular formula is C12H19NO6. The molecule has 3 aliphatic heterocycles. The number of amides is 1. The molecule has 4 atom stereocenters. The van der Waals surface area contributed by atoms with Gasteiger partial charge in [-0.1, -0.05) is 0 Å². The minimum absolute atomic E-state index is 0.227. The van der Waals surface area contributed by atoms with E-state index in [1.165, 1.54) is 0 Å². The molecule has 19 heavy (non-hydrogen) atoms. The van der Waals surface area contributed by atoms with E-state index in [1.54, 1.807) is 18.7 Å². The summed E-state index contributed by atoms with van der Waals surface area (Å²) in [6.07, 6.45) is -3.20. The Hall–Kier alpha value is -0.730. The van der Waals surface area contributed by atoms with Gasteiger partial charge in [0.15, 0.2) is 18.2 Å². The van der Waals surface area contributed by atoms with E-state index in [0.29, 0.717) is 26.3 Å². The smallest absolute Gasteiger partial charge is 0.254 e. The van der Waals surface area contributed by atoms with Crippen LogP contribution in [0.25, 0.3) is 0 Å². The van der Waals surface area contributed by atoms with Crippen LogP contribution in [0, 0.1) is 0 Å². The molecule has 3 heterocycles. The first-order valence-corrected chi connectivity index (χ1v) is 6.54. The zero-order chi connectivity index (χ0) is 13.6. The van der Waals surface area contributed by atoms with E-state index in [1.807, 2.05) is 0 Å². The summed E-state index contributed by atoms with van der Waals surface area (Å²) >= 11 is 0. The summed E-state index contributed by atoms with van der Waals surface area (Å²) in [4.78, 5) is 13.9. The topological polar surface area (TPSA) is 77.5 Å².